The Morgan fingerprint density at radius 1 is 1.23 bits per heavy atom. The number of hydrogen-bond donors (Lipinski definition) is 2. The van der Waals surface area contributed by atoms with Crippen LogP contribution in [0.15, 0.2) is 47.5 Å². The first-order valence-corrected chi connectivity index (χ1v) is 9.71. The summed E-state index contributed by atoms with van der Waals surface area (Å²) in [5, 5.41) is 3.09. The van der Waals surface area contributed by atoms with Crippen molar-refractivity contribution in [2.45, 2.75) is 42.7 Å². The van der Waals surface area contributed by atoms with Crippen LogP contribution in [0.4, 0.5) is 0 Å². The summed E-state index contributed by atoms with van der Waals surface area (Å²) in [5.41, 5.74) is 6.38. The maximum absolute atomic E-state index is 12.7. The van der Waals surface area contributed by atoms with Gasteiger partial charge >= 0.3 is 0 Å². The molecule has 0 unspecified atom stereocenters. The summed E-state index contributed by atoms with van der Waals surface area (Å²) in [6.45, 7) is 0. The summed E-state index contributed by atoms with van der Waals surface area (Å²) >= 11 is 1.64. The van der Waals surface area contributed by atoms with Crippen LogP contribution in [0.3, 0.4) is 0 Å². The number of rotatable bonds is 5. The SMILES string of the molecule is CSc1cccc(Oc2ncccc2C(=O)N[C@H]2CC[C@@H](N)CC2)c1.Cl. The van der Waals surface area contributed by atoms with Crippen molar-refractivity contribution in [3.8, 4) is 11.6 Å². The number of nitrogens with one attached hydrogen (secondary N) is 1. The lowest BCUT2D eigenvalue weighted by atomic mass is 9.91. The molecule has 3 N–H and O–H groups in total. The molecular formula is C19H24ClN3O2S. The molecule has 0 aliphatic heterocycles. The molecule has 3 rings (SSSR count). The molecule has 1 aliphatic rings. The first-order valence-electron chi connectivity index (χ1n) is 8.49. The molecule has 0 radical (unpaired) electrons. The van der Waals surface area contributed by atoms with Crippen LogP contribution < -0.4 is 15.8 Å². The second-order valence-electron chi connectivity index (χ2n) is 6.22. The van der Waals surface area contributed by atoms with Gasteiger partial charge in [0, 0.05) is 23.2 Å². The van der Waals surface area contributed by atoms with Gasteiger partial charge in [-0.05, 0) is 62.3 Å². The standard InChI is InChI=1S/C19H23N3O2S.ClH/c1-25-16-5-2-4-15(12-16)24-19-17(6-3-11-21-19)18(23)22-14-9-7-13(20)8-10-14;/h2-6,11-14H,7-10,20H2,1H3,(H,22,23);1H/t13-,14+;. The van der Waals surface area contributed by atoms with Gasteiger partial charge in [-0.3, -0.25) is 4.79 Å². The van der Waals surface area contributed by atoms with Crippen LogP contribution in [0.2, 0.25) is 0 Å². The van der Waals surface area contributed by atoms with Crippen molar-refractivity contribution in [2.75, 3.05) is 6.26 Å². The van der Waals surface area contributed by atoms with Crippen LogP contribution in [0.5, 0.6) is 11.6 Å². The summed E-state index contributed by atoms with van der Waals surface area (Å²) in [4.78, 5) is 18.0. The van der Waals surface area contributed by atoms with Crippen LogP contribution in [0, 0.1) is 0 Å². The Bertz CT molecular complexity index is 736. The van der Waals surface area contributed by atoms with Gasteiger partial charge in [-0.25, -0.2) is 4.98 Å². The Balaban J connectivity index is 0.00000243. The van der Waals surface area contributed by atoms with Gasteiger partial charge in [0.15, 0.2) is 0 Å². The van der Waals surface area contributed by atoms with Gasteiger partial charge in [-0.15, -0.1) is 24.2 Å². The second-order valence-corrected chi connectivity index (χ2v) is 7.10. The van der Waals surface area contributed by atoms with E-state index in [1.807, 2.05) is 30.5 Å². The molecule has 2 aromatic rings. The van der Waals surface area contributed by atoms with E-state index in [9.17, 15) is 4.79 Å². The second kappa shape index (κ2) is 9.80. The molecule has 7 heteroatoms. The molecule has 5 nitrogen and oxygen atoms in total. The van der Waals surface area contributed by atoms with Crippen molar-refractivity contribution in [2.24, 2.45) is 5.73 Å². The predicted molar refractivity (Wildman–Crippen MR) is 107 cm³/mol. The van der Waals surface area contributed by atoms with E-state index in [2.05, 4.69) is 10.3 Å². The molecule has 1 saturated carbocycles. The Morgan fingerprint density at radius 2 is 2.00 bits per heavy atom. The highest BCUT2D eigenvalue weighted by Gasteiger charge is 2.22. The minimum Gasteiger partial charge on any atom is -0.438 e. The molecule has 1 aromatic heterocycles. The number of aromatic nitrogens is 1. The Kier molecular flexibility index (Phi) is 7.75. The molecule has 0 spiro atoms. The van der Waals surface area contributed by atoms with Gasteiger partial charge in [0.2, 0.25) is 5.88 Å². The molecule has 140 valence electrons. The third-order valence-corrected chi connectivity index (χ3v) is 5.10. The number of benzene rings is 1. The van der Waals surface area contributed by atoms with E-state index < -0.39 is 0 Å². The third-order valence-electron chi connectivity index (χ3n) is 4.38. The van der Waals surface area contributed by atoms with Crippen molar-refractivity contribution in [3.63, 3.8) is 0 Å². The number of nitrogens with zero attached hydrogens (tertiary/aromatic N) is 1. The van der Waals surface area contributed by atoms with Crippen LogP contribution in [-0.2, 0) is 0 Å². The molecule has 0 bridgehead atoms. The van der Waals surface area contributed by atoms with Crippen molar-refractivity contribution in [1.29, 1.82) is 0 Å². The van der Waals surface area contributed by atoms with E-state index in [4.69, 9.17) is 10.5 Å². The van der Waals surface area contributed by atoms with E-state index in [-0.39, 0.29) is 30.4 Å². The minimum absolute atomic E-state index is 0. The van der Waals surface area contributed by atoms with E-state index >= 15 is 0 Å². The lowest BCUT2D eigenvalue weighted by molar-refractivity contribution is 0.0923. The summed E-state index contributed by atoms with van der Waals surface area (Å²) in [6, 6.07) is 11.6. The maximum atomic E-state index is 12.7. The molecule has 1 amide bonds. The van der Waals surface area contributed by atoms with Crippen LogP contribution in [0.1, 0.15) is 36.0 Å². The first kappa shape index (κ1) is 20.6. The van der Waals surface area contributed by atoms with Gasteiger partial charge in [-0.1, -0.05) is 6.07 Å². The molecule has 1 fully saturated rings. The topological polar surface area (TPSA) is 77.2 Å². The predicted octanol–water partition coefficient (Wildman–Crippen LogP) is 4.02. The average molecular weight is 394 g/mol. The van der Waals surface area contributed by atoms with Crippen molar-refractivity contribution in [1.82, 2.24) is 10.3 Å². The van der Waals surface area contributed by atoms with E-state index in [0.29, 0.717) is 17.2 Å². The number of thioether (sulfide) groups is 1. The number of pyridine rings is 1. The monoisotopic (exact) mass is 393 g/mol. The van der Waals surface area contributed by atoms with E-state index in [0.717, 1.165) is 30.6 Å². The van der Waals surface area contributed by atoms with Gasteiger partial charge in [0.1, 0.15) is 11.3 Å². The van der Waals surface area contributed by atoms with Crippen molar-refractivity contribution >= 4 is 30.1 Å². The highest BCUT2D eigenvalue weighted by Crippen LogP contribution is 2.27. The molecule has 1 heterocycles. The molecule has 0 saturated heterocycles. The summed E-state index contributed by atoms with van der Waals surface area (Å²) in [6.07, 6.45) is 7.36. The molecular weight excluding hydrogens is 370 g/mol. The van der Waals surface area contributed by atoms with Gasteiger partial charge < -0.3 is 15.8 Å². The third kappa shape index (κ3) is 5.37. The van der Waals surface area contributed by atoms with Crippen LogP contribution in [0.25, 0.3) is 0 Å². The number of carbonyl (C=O) groups is 1. The Labute approximate surface area is 164 Å². The van der Waals surface area contributed by atoms with E-state index in [1.54, 1.807) is 30.1 Å². The Hall–Kier alpha value is -1.76. The molecule has 1 aromatic carbocycles. The summed E-state index contributed by atoms with van der Waals surface area (Å²) in [7, 11) is 0. The normalized spacial score (nSPS) is 19.3. The number of ether oxygens (including phenoxy) is 1. The van der Waals surface area contributed by atoms with Crippen LogP contribution >= 0.6 is 24.2 Å². The number of hydrogen-bond acceptors (Lipinski definition) is 5. The molecule has 0 atom stereocenters. The Morgan fingerprint density at radius 3 is 2.73 bits per heavy atom. The number of halogens is 1. The summed E-state index contributed by atoms with van der Waals surface area (Å²) < 4.78 is 5.87. The van der Waals surface area contributed by atoms with Gasteiger partial charge in [-0.2, -0.15) is 0 Å². The maximum Gasteiger partial charge on any atom is 0.257 e. The molecule has 26 heavy (non-hydrogen) atoms. The average Bonchev–Trinajstić information content (AvgIpc) is 2.64. The highest BCUT2D eigenvalue weighted by molar-refractivity contribution is 7.98. The zero-order chi connectivity index (χ0) is 17.6. The zero-order valence-electron chi connectivity index (χ0n) is 14.7. The van der Waals surface area contributed by atoms with Crippen LogP contribution in [-0.4, -0.2) is 29.2 Å². The smallest absolute Gasteiger partial charge is 0.257 e. The number of nitrogens with two attached hydrogens (primary N) is 1. The zero-order valence-corrected chi connectivity index (χ0v) is 16.3. The first-order chi connectivity index (χ1) is 12.2. The number of amides is 1. The van der Waals surface area contributed by atoms with Gasteiger partial charge in [0.25, 0.3) is 5.91 Å². The van der Waals surface area contributed by atoms with E-state index in [1.165, 1.54) is 0 Å². The lowest BCUT2D eigenvalue weighted by Crippen LogP contribution is -2.40. The summed E-state index contributed by atoms with van der Waals surface area (Å²) in [5.74, 6) is 0.846. The fourth-order valence-corrected chi connectivity index (χ4v) is 3.40. The quantitative estimate of drug-likeness (QED) is 0.750. The number of carbonyl (C=O) groups excluding carboxylic acids is 1. The van der Waals surface area contributed by atoms with Gasteiger partial charge in [0.05, 0.1) is 0 Å². The van der Waals surface area contributed by atoms with Crippen molar-refractivity contribution < 1.29 is 9.53 Å². The lowest BCUT2D eigenvalue weighted by Gasteiger charge is -2.26. The minimum atomic E-state index is -0.149. The fourth-order valence-electron chi connectivity index (χ4n) is 2.95. The largest absolute Gasteiger partial charge is 0.438 e. The van der Waals surface area contributed by atoms with Crippen molar-refractivity contribution in [3.05, 3.63) is 48.2 Å². The fraction of sp³-hybridized carbons (Fsp3) is 0.368. The molecule has 1 aliphatic carbocycles. The highest BCUT2D eigenvalue weighted by atomic mass is 35.5.